The summed E-state index contributed by atoms with van der Waals surface area (Å²) < 4.78 is 56.8. The first kappa shape index (κ1) is 15.7. The number of halogens is 4. The second kappa shape index (κ2) is 6.00. The molecule has 0 saturated carbocycles. The monoisotopic (exact) mass is 315 g/mol. The third-order valence-corrected chi connectivity index (χ3v) is 2.78. The Morgan fingerprint density at radius 3 is 2.32 bits per heavy atom. The van der Waals surface area contributed by atoms with Crippen molar-refractivity contribution in [2.75, 3.05) is 0 Å². The van der Waals surface area contributed by atoms with E-state index in [9.17, 15) is 27.7 Å². The number of nitro benzene ring substituents is 1. The molecular weight excluding hydrogens is 306 g/mol. The molecule has 0 saturated heterocycles. The zero-order valence-electron chi connectivity index (χ0n) is 10.9. The van der Waals surface area contributed by atoms with Gasteiger partial charge in [0.1, 0.15) is 17.9 Å². The molecule has 0 fully saturated rings. The molecule has 0 aromatic heterocycles. The van der Waals surface area contributed by atoms with Crippen LogP contribution in [0.15, 0.2) is 42.5 Å². The maximum atomic E-state index is 13.5. The van der Waals surface area contributed by atoms with Crippen LogP contribution in [0.3, 0.4) is 0 Å². The fraction of sp³-hybridized carbons (Fsp3) is 0.143. The van der Waals surface area contributed by atoms with Gasteiger partial charge in [-0.15, -0.1) is 0 Å². The van der Waals surface area contributed by atoms with Crippen LogP contribution in [-0.4, -0.2) is 4.92 Å². The molecule has 0 radical (unpaired) electrons. The van der Waals surface area contributed by atoms with Crippen LogP contribution in [0.2, 0.25) is 0 Å². The van der Waals surface area contributed by atoms with Crippen LogP contribution >= 0.6 is 0 Å². The fourth-order valence-corrected chi connectivity index (χ4v) is 1.75. The summed E-state index contributed by atoms with van der Waals surface area (Å²) in [5.41, 5.74) is -2.36. The topological polar surface area (TPSA) is 52.4 Å². The molecule has 0 spiro atoms. The minimum atomic E-state index is -5.05. The molecule has 2 rings (SSSR count). The SMILES string of the molecule is O=[N+]([O-])c1cc(OCc2ccccc2)cc(C(F)(F)F)c1F. The van der Waals surface area contributed by atoms with Gasteiger partial charge < -0.3 is 4.74 Å². The van der Waals surface area contributed by atoms with Crippen molar-refractivity contribution < 1.29 is 27.2 Å². The lowest BCUT2D eigenvalue weighted by atomic mass is 10.1. The molecule has 116 valence electrons. The highest BCUT2D eigenvalue weighted by molar-refractivity contribution is 5.45. The van der Waals surface area contributed by atoms with Crippen LogP contribution in [0, 0.1) is 15.9 Å². The zero-order chi connectivity index (χ0) is 16.3. The Balaban J connectivity index is 2.35. The highest BCUT2D eigenvalue weighted by Crippen LogP contribution is 2.38. The summed E-state index contributed by atoms with van der Waals surface area (Å²) in [6.45, 7) is -0.0963. The first-order chi connectivity index (χ1) is 10.3. The van der Waals surface area contributed by atoms with Crippen molar-refractivity contribution >= 4 is 5.69 Å². The van der Waals surface area contributed by atoms with E-state index in [0.29, 0.717) is 17.7 Å². The summed E-state index contributed by atoms with van der Waals surface area (Å²) in [7, 11) is 0. The summed E-state index contributed by atoms with van der Waals surface area (Å²) >= 11 is 0. The van der Waals surface area contributed by atoms with Gasteiger partial charge in [0, 0.05) is 0 Å². The lowest BCUT2D eigenvalue weighted by Gasteiger charge is -2.11. The van der Waals surface area contributed by atoms with Gasteiger partial charge in [-0.1, -0.05) is 30.3 Å². The molecule has 0 unspecified atom stereocenters. The van der Waals surface area contributed by atoms with Crippen LogP contribution in [0.25, 0.3) is 0 Å². The van der Waals surface area contributed by atoms with Gasteiger partial charge in [-0.25, -0.2) is 0 Å². The lowest BCUT2D eigenvalue weighted by molar-refractivity contribution is -0.388. The third-order valence-electron chi connectivity index (χ3n) is 2.78. The summed E-state index contributed by atoms with van der Waals surface area (Å²) in [5.74, 6) is -2.35. The summed E-state index contributed by atoms with van der Waals surface area (Å²) in [6.07, 6.45) is -5.05. The second-order valence-corrected chi connectivity index (χ2v) is 4.33. The fourth-order valence-electron chi connectivity index (χ4n) is 1.75. The molecule has 0 atom stereocenters. The number of alkyl halides is 3. The van der Waals surface area contributed by atoms with E-state index in [2.05, 4.69) is 0 Å². The standard InChI is InChI=1S/C14H9F4NO3/c15-13-11(14(16,17)18)6-10(7-12(13)19(20)21)22-8-9-4-2-1-3-5-9/h1-7H,8H2. The number of benzene rings is 2. The van der Waals surface area contributed by atoms with E-state index in [1.807, 2.05) is 0 Å². The number of rotatable bonds is 4. The van der Waals surface area contributed by atoms with Crippen LogP contribution in [0.1, 0.15) is 11.1 Å². The lowest BCUT2D eigenvalue weighted by Crippen LogP contribution is -2.11. The molecular formula is C14H9F4NO3. The molecule has 0 bridgehead atoms. The first-order valence-corrected chi connectivity index (χ1v) is 6.01. The van der Waals surface area contributed by atoms with Crippen molar-refractivity contribution in [3.8, 4) is 5.75 Å². The van der Waals surface area contributed by atoms with Crippen LogP contribution in [0.5, 0.6) is 5.75 Å². The van der Waals surface area contributed by atoms with E-state index in [-0.39, 0.29) is 6.61 Å². The van der Waals surface area contributed by atoms with Crippen molar-refractivity contribution in [3.05, 3.63) is 69.5 Å². The van der Waals surface area contributed by atoms with E-state index in [4.69, 9.17) is 4.74 Å². The molecule has 22 heavy (non-hydrogen) atoms. The summed E-state index contributed by atoms with van der Waals surface area (Å²) in [5, 5.41) is 10.7. The van der Waals surface area contributed by atoms with Gasteiger partial charge in [0.05, 0.1) is 11.0 Å². The molecule has 0 amide bonds. The van der Waals surface area contributed by atoms with Gasteiger partial charge in [-0.3, -0.25) is 10.1 Å². The predicted octanol–water partition coefficient (Wildman–Crippen LogP) is 4.33. The maximum Gasteiger partial charge on any atom is 0.419 e. The Hall–Kier alpha value is -2.64. The predicted molar refractivity (Wildman–Crippen MR) is 68.8 cm³/mol. The highest BCUT2D eigenvalue weighted by Gasteiger charge is 2.38. The molecule has 0 N–H and O–H groups in total. The van der Waals surface area contributed by atoms with Crippen LogP contribution in [0.4, 0.5) is 23.2 Å². The molecule has 2 aromatic rings. The molecule has 0 aliphatic heterocycles. The van der Waals surface area contributed by atoms with Crippen molar-refractivity contribution in [1.82, 2.24) is 0 Å². The first-order valence-electron chi connectivity index (χ1n) is 6.01. The molecule has 0 heterocycles. The van der Waals surface area contributed by atoms with Gasteiger partial charge in [0.25, 0.3) is 0 Å². The quantitative estimate of drug-likeness (QED) is 0.479. The maximum absolute atomic E-state index is 13.5. The number of nitrogens with zero attached hydrogens (tertiary/aromatic N) is 1. The van der Waals surface area contributed by atoms with Crippen molar-refractivity contribution in [2.45, 2.75) is 12.8 Å². The van der Waals surface area contributed by atoms with E-state index >= 15 is 0 Å². The van der Waals surface area contributed by atoms with Crippen LogP contribution in [-0.2, 0) is 12.8 Å². The minimum absolute atomic E-state index is 0.0963. The number of hydrogen-bond donors (Lipinski definition) is 0. The Morgan fingerprint density at radius 2 is 1.77 bits per heavy atom. The Morgan fingerprint density at radius 1 is 1.14 bits per heavy atom. The molecule has 8 heteroatoms. The smallest absolute Gasteiger partial charge is 0.419 e. The van der Waals surface area contributed by atoms with E-state index < -0.39 is 33.9 Å². The average molecular weight is 315 g/mol. The van der Waals surface area contributed by atoms with Crippen molar-refractivity contribution in [2.24, 2.45) is 0 Å². The van der Waals surface area contributed by atoms with Gasteiger partial charge in [0.15, 0.2) is 0 Å². The second-order valence-electron chi connectivity index (χ2n) is 4.33. The molecule has 0 aliphatic rings. The van der Waals surface area contributed by atoms with Gasteiger partial charge >= 0.3 is 11.9 Å². The van der Waals surface area contributed by atoms with Gasteiger partial charge in [-0.05, 0) is 11.6 Å². The van der Waals surface area contributed by atoms with E-state index in [1.165, 1.54) is 0 Å². The highest BCUT2D eigenvalue weighted by atomic mass is 19.4. The largest absolute Gasteiger partial charge is 0.489 e. The number of hydrogen-bond acceptors (Lipinski definition) is 3. The van der Waals surface area contributed by atoms with Gasteiger partial charge in [0.2, 0.25) is 5.82 Å². The Bertz CT molecular complexity index is 686. The van der Waals surface area contributed by atoms with E-state index in [0.717, 1.165) is 0 Å². The molecule has 0 aliphatic carbocycles. The zero-order valence-corrected chi connectivity index (χ0v) is 10.9. The van der Waals surface area contributed by atoms with E-state index in [1.54, 1.807) is 30.3 Å². The molecule has 4 nitrogen and oxygen atoms in total. The average Bonchev–Trinajstić information content (AvgIpc) is 2.45. The summed E-state index contributed by atoms with van der Waals surface area (Å²) in [4.78, 5) is 9.45. The number of ether oxygens (including phenoxy) is 1. The number of nitro groups is 1. The normalized spacial score (nSPS) is 11.3. The summed E-state index contributed by atoms with van der Waals surface area (Å²) in [6, 6.07) is 9.53. The molecule has 2 aromatic carbocycles. The Kier molecular flexibility index (Phi) is 4.30. The van der Waals surface area contributed by atoms with Crippen LogP contribution < -0.4 is 4.74 Å². The van der Waals surface area contributed by atoms with Crippen molar-refractivity contribution in [3.63, 3.8) is 0 Å². The minimum Gasteiger partial charge on any atom is -0.489 e. The van der Waals surface area contributed by atoms with Crippen molar-refractivity contribution in [1.29, 1.82) is 0 Å². The third kappa shape index (κ3) is 3.51. The Labute approximate surface area is 122 Å². The van der Waals surface area contributed by atoms with Gasteiger partial charge in [-0.2, -0.15) is 17.6 Å².